The minimum atomic E-state index is -0.859. The van der Waals surface area contributed by atoms with Crippen LogP contribution in [0.3, 0.4) is 0 Å². The number of hydrogen-bond acceptors (Lipinski definition) is 7. The van der Waals surface area contributed by atoms with E-state index in [9.17, 15) is 14.7 Å². The van der Waals surface area contributed by atoms with Gasteiger partial charge in [0.25, 0.3) is 5.78 Å². The predicted octanol–water partition coefficient (Wildman–Crippen LogP) is 4.63. The molecule has 0 aliphatic carbocycles. The Labute approximate surface area is 193 Å². The van der Waals surface area contributed by atoms with Gasteiger partial charge in [0, 0.05) is 18.0 Å². The highest BCUT2D eigenvalue weighted by atomic mass is 32.1. The highest BCUT2D eigenvalue weighted by molar-refractivity contribution is 7.22. The molecular formula is C25H19N3O4S. The predicted molar refractivity (Wildman–Crippen MR) is 126 cm³/mol. The highest BCUT2D eigenvalue weighted by Crippen LogP contribution is 2.44. The van der Waals surface area contributed by atoms with E-state index in [0.717, 1.165) is 15.8 Å². The number of hydrogen-bond donors (Lipinski definition) is 1. The van der Waals surface area contributed by atoms with Crippen LogP contribution < -0.4 is 9.64 Å². The molecule has 1 aliphatic rings. The van der Waals surface area contributed by atoms with Crippen molar-refractivity contribution in [1.29, 1.82) is 0 Å². The van der Waals surface area contributed by atoms with Crippen LogP contribution in [0.15, 0.2) is 72.6 Å². The summed E-state index contributed by atoms with van der Waals surface area (Å²) in [4.78, 5) is 36.6. The number of amides is 1. The average Bonchev–Trinajstić information content (AvgIpc) is 3.37. The largest absolute Gasteiger partial charge is 0.507 e. The van der Waals surface area contributed by atoms with Crippen LogP contribution in [0, 0.1) is 6.92 Å². The molecule has 1 saturated heterocycles. The second-order valence-electron chi connectivity index (χ2n) is 7.65. The summed E-state index contributed by atoms with van der Waals surface area (Å²) in [5.74, 6) is -1.16. The second kappa shape index (κ2) is 8.14. The lowest BCUT2D eigenvalue weighted by atomic mass is 9.96. The first-order valence-electron chi connectivity index (χ1n) is 10.2. The van der Waals surface area contributed by atoms with Gasteiger partial charge in [0.15, 0.2) is 5.13 Å². The van der Waals surface area contributed by atoms with Crippen LogP contribution in [0.1, 0.15) is 22.7 Å². The number of carbonyl (C=O) groups is 2. The third-order valence-electron chi connectivity index (χ3n) is 5.55. The molecule has 7 nitrogen and oxygen atoms in total. The molecule has 5 rings (SSSR count). The Balaban J connectivity index is 1.70. The number of Topliss-reactive ketones (excluding diaryl/α,β-unsaturated/α-hetero) is 1. The number of aromatic nitrogens is 2. The van der Waals surface area contributed by atoms with E-state index < -0.39 is 17.7 Å². The van der Waals surface area contributed by atoms with Crippen LogP contribution in [0.4, 0.5) is 5.13 Å². The molecule has 0 radical (unpaired) electrons. The molecule has 1 aliphatic heterocycles. The molecule has 164 valence electrons. The van der Waals surface area contributed by atoms with E-state index >= 15 is 0 Å². The third-order valence-corrected chi connectivity index (χ3v) is 6.56. The summed E-state index contributed by atoms with van der Waals surface area (Å²) in [7, 11) is 1.54. The number of fused-ring (bicyclic) bond motifs is 1. The molecule has 2 aromatic heterocycles. The van der Waals surface area contributed by atoms with Gasteiger partial charge in [-0.1, -0.05) is 23.5 Å². The van der Waals surface area contributed by atoms with Gasteiger partial charge >= 0.3 is 5.91 Å². The van der Waals surface area contributed by atoms with Crippen LogP contribution in [-0.2, 0) is 9.59 Å². The lowest BCUT2D eigenvalue weighted by Gasteiger charge is -2.22. The van der Waals surface area contributed by atoms with Crippen molar-refractivity contribution in [1.82, 2.24) is 9.97 Å². The Bertz CT molecular complexity index is 1410. The zero-order chi connectivity index (χ0) is 23.1. The number of pyridine rings is 1. The number of nitrogens with zero attached hydrogens (tertiary/aromatic N) is 3. The molecule has 2 aromatic carbocycles. The maximum absolute atomic E-state index is 13.2. The van der Waals surface area contributed by atoms with Gasteiger partial charge in [-0.3, -0.25) is 19.5 Å². The van der Waals surface area contributed by atoms with E-state index in [1.165, 1.54) is 16.2 Å². The van der Waals surface area contributed by atoms with Gasteiger partial charge in [0.05, 0.1) is 28.9 Å². The second-order valence-corrected chi connectivity index (χ2v) is 8.66. The Morgan fingerprint density at radius 3 is 2.61 bits per heavy atom. The van der Waals surface area contributed by atoms with Crippen LogP contribution in [-0.4, -0.2) is 33.9 Å². The summed E-state index contributed by atoms with van der Waals surface area (Å²) in [5, 5.41) is 11.5. The summed E-state index contributed by atoms with van der Waals surface area (Å²) < 4.78 is 6.08. The third kappa shape index (κ3) is 3.54. The fraction of sp³-hybridized carbons (Fsp3) is 0.120. The molecule has 0 spiro atoms. The maximum atomic E-state index is 13.2. The fourth-order valence-corrected chi connectivity index (χ4v) is 5.00. The van der Waals surface area contributed by atoms with Crippen LogP contribution in [0.2, 0.25) is 0 Å². The van der Waals surface area contributed by atoms with Gasteiger partial charge in [-0.2, -0.15) is 0 Å². The number of aliphatic hydroxyl groups is 1. The van der Waals surface area contributed by atoms with E-state index in [1.807, 2.05) is 25.1 Å². The number of aryl methyl sites for hydroxylation is 1. The zero-order valence-electron chi connectivity index (χ0n) is 17.9. The smallest absolute Gasteiger partial charge is 0.301 e. The van der Waals surface area contributed by atoms with Crippen molar-refractivity contribution < 1.29 is 19.4 Å². The molecule has 1 fully saturated rings. The van der Waals surface area contributed by atoms with E-state index in [2.05, 4.69) is 9.97 Å². The average molecular weight is 458 g/mol. The van der Waals surface area contributed by atoms with E-state index in [-0.39, 0.29) is 11.3 Å². The van der Waals surface area contributed by atoms with Crippen molar-refractivity contribution in [2.24, 2.45) is 0 Å². The van der Waals surface area contributed by atoms with Crippen molar-refractivity contribution in [3.8, 4) is 5.75 Å². The molecule has 8 heteroatoms. The number of rotatable bonds is 4. The SMILES string of the molecule is COc1ccc(C(O)=C2C(=O)C(=O)N(c3nc4ccc(C)cc4s3)[C@H]2c2cccnc2)cc1. The lowest BCUT2D eigenvalue weighted by molar-refractivity contribution is -0.132. The van der Waals surface area contributed by atoms with Gasteiger partial charge < -0.3 is 9.84 Å². The van der Waals surface area contributed by atoms with Crippen LogP contribution >= 0.6 is 11.3 Å². The standard InChI is InChI=1S/C25H19N3O4S/c1-14-5-10-18-19(12-14)33-25(27-18)28-21(16-4-3-11-26-13-16)20(23(30)24(28)31)22(29)15-6-8-17(32-2)9-7-15/h3-13,21,29H,1-2H3/t21-/m0/s1. The molecule has 1 atom stereocenters. The molecule has 0 bridgehead atoms. The van der Waals surface area contributed by atoms with E-state index in [4.69, 9.17) is 4.74 Å². The van der Waals surface area contributed by atoms with Crippen molar-refractivity contribution >= 4 is 44.1 Å². The topological polar surface area (TPSA) is 92.6 Å². The summed E-state index contributed by atoms with van der Waals surface area (Å²) in [5.41, 5.74) is 2.81. The van der Waals surface area contributed by atoms with Crippen LogP contribution in [0.25, 0.3) is 16.0 Å². The summed E-state index contributed by atoms with van der Waals surface area (Å²) in [6.07, 6.45) is 3.20. The molecule has 33 heavy (non-hydrogen) atoms. The molecule has 3 heterocycles. The molecule has 0 unspecified atom stereocenters. The first kappa shape index (κ1) is 20.8. The first-order valence-corrected chi connectivity index (χ1v) is 11.0. The highest BCUT2D eigenvalue weighted by Gasteiger charge is 2.48. The number of anilines is 1. The maximum Gasteiger partial charge on any atom is 0.301 e. The van der Waals surface area contributed by atoms with Gasteiger partial charge in [0.2, 0.25) is 0 Å². The minimum absolute atomic E-state index is 0.00592. The van der Waals surface area contributed by atoms with Crippen molar-refractivity contribution in [2.75, 3.05) is 12.0 Å². The minimum Gasteiger partial charge on any atom is -0.507 e. The van der Waals surface area contributed by atoms with Gasteiger partial charge in [0.1, 0.15) is 11.5 Å². The van der Waals surface area contributed by atoms with E-state index in [1.54, 1.807) is 55.9 Å². The molecule has 4 aromatic rings. The number of benzene rings is 2. The summed E-state index contributed by atoms with van der Waals surface area (Å²) in [6, 6.07) is 15.1. The van der Waals surface area contributed by atoms with Crippen molar-refractivity contribution in [3.63, 3.8) is 0 Å². The van der Waals surface area contributed by atoms with Crippen LogP contribution in [0.5, 0.6) is 5.75 Å². The quantitative estimate of drug-likeness (QED) is 0.273. The van der Waals surface area contributed by atoms with Gasteiger partial charge in [-0.05, 0) is 60.5 Å². The Morgan fingerprint density at radius 2 is 1.91 bits per heavy atom. The Hall–Kier alpha value is -4.04. The number of methoxy groups -OCH3 is 1. The summed E-state index contributed by atoms with van der Waals surface area (Å²) >= 11 is 1.33. The number of thiazole rings is 1. The molecule has 1 N–H and O–H groups in total. The normalized spacial score (nSPS) is 17.6. The van der Waals surface area contributed by atoms with E-state index in [0.29, 0.717) is 22.0 Å². The Kier molecular flexibility index (Phi) is 5.14. The number of aliphatic hydroxyl groups excluding tert-OH is 1. The Morgan fingerprint density at radius 1 is 1.12 bits per heavy atom. The zero-order valence-corrected chi connectivity index (χ0v) is 18.7. The van der Waals surface area contributed by atoms with Crippen molar-refractivity contribution in [2.45, 2.75) is 13.0 Å². The molecule has 1 amide bonds. The van der Waals surface area contributed by atoms with Gasteiger partial charge in [-0.15, -0.1) is 0 Å². The van der Waals surface area contributed by atoms with Gasteiger partial charge in [-0.25, -0.2) is 4.98 Å². The molecular weight excluding hydrogens is 438 g/mol. The number of ether oxygens (including phenoxy) is 1. The van der Waals surface area contributed by atoms with Crippen molar-refractivity contribution in [3.05, 3.63) is 89.3 Å². The molecule has 0 saturated carbocycles. The monoisotopic (exact) mass is 457 g/mol. The summed E-state index contributed by atoms with van der Waals surface area (Å²) in [6.45, 7) is 1.98. The lowest BCUT2D eigenvalue weighted by Crippen LogP contribution is -2.29. The number of ketones is 1. The first-order chi connectivity index (χ1) is 16.0. The fourth-order valence-electron chi connectivity index (χ4n) is 3.91. The number of carbonyl (C=O) groups excluding carboxylic acids is 2.